The molecule has 0 spiro atoms. The summed E-state index contributed by atoms with van der Waals surface area (Å²) >= 11 is 1.35. The van der Waals surface area contributed by atoms with E-state index in [1.54, 1.807) is 13.8 Å². The van der Waals surface area contributed by atoms with Gasteiger partial charge < -0.3 is 10.6 Å². The van der Waals surface area contributed by atoms with E-state index in [-0.39, 0.29) is 11.7 Å². The van der Waals surface area contributed by atoms with Gasteiger partial charge in [0.05, 0.1) is 16.3 Å². The zero-order valence-electron chi connectivity index (χ0n) is 8.80. The Labute approximate surface area is 91.7 Å². The van der Waals surface area contributed by atoms with Crippen molar-refractivity contribution in [3.05, 3.63) is 10.3 Å². The number of amides is 1. The van der Waals surface area contributed by atoms with Gasteiger partial charge in [-0.3, -0.25) is 9.59 Å². The molecule has 0 atom stereocenters. The standard InChI is InChI=1S/C10H12N2O2S/c1-5(13)8-7-6(4-15-8)12-10(2,3)9(14)11-7/h4,12H,1-3H3,(H,11,14). The zero-order chi connectivity index (χ0) is 11.2. The number of carbonyl (C=O) groups excluding carboxylic acids is 2. The van der Waals surface area contributed by atoms with Crippen molar-refractivity contribution in [2.45, 2.75) is 26.3 Å². The molecule has 1 aromatic heterocycles. The molecular weight excluding hydrogens is 212 g/mol. The van der Waals surface area contributed by atoms with Gasteiger partial charge in [0.1, 0.15) is 5.54 Å². The van der Waals surface area contributed by atoms with Crippen molar-refractivity contribution in [1.29, 1.82) is 0 Å². The highest BCUT2D eigenvalue weighted by atomic mass is 32.1. The Kier molecular flexibility index (Phi) is 2.08. The summed E-state index contributed by atoms with van der Waals surface area (Å²) in [5, 5.41) is 7.73. The van der Waals surface area contributed by atoms with E-state index in [2.05, 4.69) is 10.6 Å². The molecule has 0 aromatic carbocycles. The molecule has 2 heterocycles. The van der Waals surface area contributed by atoms with Crippen LogP contribution in [0.15, 0.2) is 5.38 Å². The largest absolute Gasteiger partial charge is 0.369 e. The van der Waals surface area contributed by atoms with Gasteiger partial charge in [0.15, 0.2) is 5.78 Å². The summed E-state index contributed by atoms with van der Waals surface area (Å²) in [6, 6.07) is 0. The topological polar surface area (TPSA) is 58.2 Å². The molecule has 0 unspecified atom stereocenters. The average Bonchev–Trinajstić information content (AvgIpc) is 2.47. The van der Waals surface area contributed by atoms with Crippen LogP contribution in [-0.2, 0) is 4.79 Å². The van der Waals surface area contributed by atoms with E-state index in [1.807, 2.05) is 5.38 Å². The van der Waals surface area contributed by atoms with Gasteiger partial charge in [-0.05, 0) is 13.8 Å². The molecule has 0 aliphatic carbocycles. The maximum absolute atomic E-state index is 11.7. The van der Waals surface area contributed by atoms with Crippen molar-refractivity contribution in [2.75, 3.05) is 10.6 Å². The van der Waals surface area contributed by atoms with Gasteiger partial charge in [-0.2, -0.15) is 0 Å². The van der Waals surface area contributed by atoms with E-state index in [0.29, 0.717) is 10.6 Å². The molecule has 0 fully saturated rings. The van der Waals surface area contributed by atoms with Gasteiger partial charge in [0.2, 0.25) is 5.91 Å². The molecule has 1 amide bonds. The summed E-state index contributed by atoms with van der Waals surface area (Å²) in [7, 11) is 0. The lowest BCUT2D eigenvalue weighted by molar-refractivity contribution is -0.119. The Bertz CT molecular complexity index is 448. The number of Topliss-reactive ketones (excluding diaryl/α,β-unsaturated/α-hetero) is 1. The number of anilines is 2. The van der Waals surface area contributed by atoms with Gasteiger partial charge in [0.25, 0.3) is 0 Å². The molecule has 0 bridgehead atoms. The molecular formula is C10H12N2O2S. The summed E-state index contributed by atoms with van der Waals surface area (Å²) in [5.74, 6) is -0.140. The van der Waals surface area contributed by atoms with Crippen molar-refractivity contribution >= 4 is 34.4 Å². The number of carbonyl (C=O) groups is 2. The number of thiophene rings is 1. The Morgan fingerprint density at radius 3 is 2.73 bits per heavy atom. The smallest absolute Gasteiger partial charge is 0.249 e. The van der Waals surface area contributed by atoms with Crippen molar-refractivity contribution in [3.63, 3.8) is 0 Å². The maximum atomic E-state index is 11.7. The first-order valence-corrected chi connectivity index (χ1v) is 5.52. The third-order valence-corrected chi connectivity index (χ3v) is 3.44. The van der Waals surface area contributed by atoms with Crippen molar-refractivity contribution in [1.82, 2.24) is 0 Å². The SMILES string of the molecule is CC(=O)c1scc2c1NC(=O)C(C)(C)N2. The van der Waals surface area contributed by atoms with Gasteiger partial charge in [-0.25, -0.2) is 0 Å². The third kappa shape index (κ3) is 1.52. The Balaban J connectivity index is 2.48. The van der Waals surface area contributed by atoms with Crippen LogP contribution in [-0.4, -0.2) is 17.2 Å². The van der Waals surface area contributed by atoms with E-state index in [1.165, 1.54) is 18.3 Å². The average molecular weight is 224 g/mol. The molecule has 80 valence electrons. The van der Waals surface area contributed by atoms with Crippen LogP contribution in [0.1, 0.15) is 30.4 Å². The van der Waals surface area contributed by atoms with Crippen LogP contribution in [0.25, 0.3) is 0 Å². The van der Waals surface area contributed by atoms with Crippen LogP contribution in [0.4, 0.5) is 11.4 Å². The maximum Gasteiger partial charge on any atom is 0.249 e. The number of ketones is 1. The van der Waals surface area contributed by atoms with E-state index in [0.717, 1.165) is 5.69 Å². The quantitative estimate of drug-likeness (QED) is 0.718. The van der Waals surface area contributed by atoms with Gasteiger partial charge >= 0.3 is 0 Å². The van der Waals surface area contributed by atoms with Crippen LogP contribution >= 0.6 is 11.3 Å². The van der Waals surface area contributed by atoms with Crippen LogP contribution in [0.3, 0.4) is 0 Å². The minimum Gasteiger partial charge on any atom is -0.369 e. The minimum absolute atomic E-state index is 0.0249. The van der Waals surface area contributed by atoms with Crippen molar-refractivity contribution < 1.29 is 9.59 Å². The summed E-state index contributed by atoms with van der Waals surface area (Å²) in [4.78, 5) is 23.5. The van der Waals surface area contributed by atoms with Gasteiger partial charge in [0, 0.05) is 12.3 Å². The molecule has 0 saturated heterocycles. The molecule has 0 saturated carbocycles. The van der Waals surface area contributed by atoms with E-state index in [4.69, 9.17) is 0 Å². The van der Waals surface area contributed by atoms with Gasteiger partial charge in [-0.1, -0.05) is 0 Å². The lowest BCUT2D eigenvalue weighted by atomic mass is 10.0. The summed E-state index contributed by atoms with van der Waals surface area (Å²) in [6.45, 7) is 5.10. The Hall–Kier alpha value is -1.36. The predicted molar refractivity (Wildman–Crippen MR) is 60.7 cm³/mol. The molecule has 4 nitrogen and oxygen atoms in total. The highest BCUT2D eigenvalue weighted by molar-refractivity contribution is 7.13. The van der Waals surface area contributed by atoms with Crippen molar-refractivity contribution in [2.24, 2.45) is 0 Å². The summed E-state index contributed by atoms with van der Waals surface area (Å²) in [6.07, 6.45) is 0. The second kappa shape index (κ2) is 3.06. The number of nitrogens with one attached hydrogen (secondary N) is 2. The number of hydrogen-bond acceptors (Lipinski definition) is 4. The van der Waals surface area contributed by atoms with Crippen LogP contribution in [0.2, 0.25) is 0 Å². The second-order valence-electron chi connectivity index (χ2n) is 4.11. The minimum atomic E-state index is -0.623. The van der Waals surface area contributed by atoms with E-state index < -0.39 is 5.54 Å². The van der Waals surface area contributed by atoms with Gasteiger partial charge in [-0.15, -0.1) is 11.3 Å². The highest BCUT2D eigenvalue weighted by Gasteiger charge is 2.35. The highest BCUT2D eigenvalue weighted by Crippen LogP contribution is 2.38. The van der Waals surface area contributed by atoms with Crippen LogP contribution in [0, 0.1) is 0 Å². The van der Waals surface area contributed by atoms with Crippen molar-refractivity contribution in [3.8, 4) is 0 Å². The monoisotopic (exact) mass is 224 g/mol. The molecule has 0 radical (unpaired) electrons. The fourth-order valence-corrected chi connectivity index (χ4v) is 2.35. The van der Waals surface area contributed by atoms with E-state index in [9.17, 15) is 9.59 Å². The molecule has 1 aliphatic rings. The van der Waals surface area contributed by atoms with Crippen LogP contribution in [0.5, 0.6) is 0 Å². The summed E-state index contributed by atoms with van der Waals surface area (Å²) in [5.41, 5.74) is 0.828. The lowest BCUT2D eigenvalue weighted by Crippen LogP contribution is -2.47. The second-order valence-corrected chi connectivity index (χ2v) is 4.99. The molecule has 2 rings (SSSR count). The number of fused-ring (bicyclic) bond motifs is 1. The fraction of sp³-hybridized carbons (Fsp3) is 0.400. The molecule has 15 heavy (non-hydrogen) atoms. The predicted octanol–water partition coefficient (Wildman–Crippen LogP) is 2.09. The Morgan fingerprint density at radius 2 is 2.13 bits per heavy atom. The third-order valence-electron chi connectivity index (χ3n) is 2.36. The Morgan fingerprint density at radius 1 is 1.47 bits per heavy atom. The normalized spacial score (nSPS) is 17.7. The molecule has 2 N–H and O–H groups in total. The fourth-order valence-electron chi connectivity index (χ4n) is 1.50. The van der Waals surface area contributed by atoms with Crippen LogP contribution < -0.4 is 10.6 Å². The first kappa shape index (κ1) is 10.2. The molecule has 1 aromatic rings. The zero-order valence-corrected chi connectivity index (χ0v) is 9.62. The molecule has 5 heteroatoms. The number of hydrogen-bond donors (Lipinski definition) is 2. The first-order chi connectivity index (χ1) is 6.92. The number of rotatable bonds is 1. The summed E-state index contributed by atoms with van der Waals surface area (Å²) < 4.78 is 0. The first-order valence-electron chi connectivity index (χ1n) is 4.64. The lowest BCUT2D eigenvalue weighted by Gasteiger charge is -2.31. The molecule has 1 aliphatic heterocycles. The van der Waals surface area contributed by atoms with E-state index >= 15 is 0 Å².